The molecule has 2 aromatic rings. The van der Waals surface area contributed by atoms with Crippen LogP contribution in [0.3, 0.4) is 0 Å². The van der Waals surface area contributed by atoms with Gasteiger partial charge in [0.1, 0.15) is 10.8 Å². The van der Waals surface area contributed by atoms with E-state index in [0.717, 1.165) is 24.8 Å². The third-order valence-electron chi connectivity index (χ3n) is 5.01. The number of amides is 1. The number of carbonyl (C=O) groups is 1. The van der Waals surface area contributed by atoms with Gasteiger partial charge in [-0.2, -0.15) is 4.31 Å². The number of rotatable bonds is 6. The number of nitrogens with one attached hydrogen (secondary N) is 1. The lowest BCUT2D eigenvalue weighted by molar-refractivity contribution is -0.122. The summed E-state index contributed by atoms with van der Waals surface area (Å²) in [5, 5.41) is 3.31. The molecular formula is C21H24Cl2N2O4S. The Labute approximate surface area is 187 Å². The number of benzene rings is 2. The summed E-state index contributed by atoms with van der Waals surface area (Å²) in [4.78, 5) is 12.8. The van der Waals surface area contributed by atoms with Crippen molar-refractivity contribution in [1.82, 2.24) is 4.31 Å². The van der Waals surface area contributed by atoms with Gasteiger partial charge < -0.3 is 10.1 Å². The van der Waals surface area contributed by atoms with E-state index in [9.17, 15) is 13.2 Å². The molecule has 0 aromatic heterocycles. The normalized spacial score (nSPS) is 16.1. The molecule has 1 amide bonds. The predicted octanol–water partition coefficient (Wildman–Crippen LogP) is 4.88. The van der Waals surface area contributed by atoms with E-state index >= 15 is 0 Å². The van der Waals surface area contributed by atoms with Crippen LogP contribution in [-0.2, 0) is 14.8 Å². The minimum atomic E-state index is -3.60. The van der Waals surface area contributed by atoms with Gasteiger partial charge in [-0.05, 0) is 56.5 Å². The van der Waals surface area contributed by atoms with Crippen LogP contribution in [0.25, 0.3) is 0 Å². The summed E-state index contributed by atoms with van der Waals surface area (Å²) in [6, 6.07) is 9.67. The van der Waals surface area contributed by atoms with E-state index in [1.807, 2.05) is 0 Å². The first-order valence-corrected chi connectivity index (χ1v) is 11.9. The van der Waals surface area contributed by atoms with Gasteiger partial charge in [0.2, 0.25) is 10.0 Å². The molecule has 3 rings (SSSR count). The highest BCUT2D eigenvalue weighted by atomic mass is 35.5. The van der Waals surface area contributed by atoms with Crippen molar-refractivity contribution in [2.24, 2.45) is 0 Å². The average Bonchev–Trinajstić information content (AvgIpc) is 2.73. The number of anilines is 1. The third kappa shape index (κ3) is 5.09. The highest BCUT2D eigenvalue weighted by Crippen LogP contribution is 2.32. The van der Waals surface area contributed by atoms with E-state index in [1.165, 1.54) is 10.4 Å². The Balaban J connectivity index is 1.76. The molecule has 1 aliphatic rings. The van der Waals surface area contributed by atoms with Crippen molar-refractivity contribution >= 4 is 44.8 Å². The Hall–Kier alpha value is -1.80. The molecule has 1 unspecified atom stereocenters. The molecule has 0 aliphatic carbocycles. The number of hydrogen-bond acceptors (Lipinski definition) is 4. The molecule has 6 nitrogen and oxygen atoms in total. The first kappa shape index (κ1) is 22.9. The Kier molecular flexibility index (Phi) is 7.29. The quantitative estimate of drug-likeness (QED) is 0.652. The van der Waals surface area contributed by atoms with Gasteiger partial charge in [0.05, 0.1) is 9.92 Å². The molecule has 9 heteroatoms. The van der Waals surface area contributed by atoms with Crippen LogP contribution in [0, 0.1) is 6.92 Å². The molecule has 1 heterocycles. The molecule has 30 heavy (non-hydrogen) atoms. The maximum Gasteiger partial charge on any atom is 0.265 e. The smallest absolute Gasteiger partial charge is 0.265 e. The van der Waals surface area contributed by atoms with E-state index in [-0.39, 0.29) is 9.92 Å². The summed E-state index contributed by atoms with van der Waals surface area (Å²) in [5.74, 6) is -0.133. The number of piperidine rings is 1. The lowest BCUT2D eigenvalue weighted by Gasteiger charge is -2.26. The van der Waals surface area contributed by atoms with E-state index in [1.54, 1.807) is 44.2 Å². The van der Waals surface area contributed by atoms with Gasteiger partial charge in [-0.25, -0.2) is 8.42 Å². The van der Waals surface area contributed by atoms with Crippen molar-refractivity contribution in [1.29, 1.82) is 0 Å². The Morgan fingerprint density at radius 2 is 1.83 bits per heavy atom. The molecule has 0 bridgehead atoms. The topological polar surface area (TPSA) is 75.7 Å². The van der Waals surface area contributed by atoms with E-state index in [2.05, 4.69) is 5.32 Å². The van der Waals surface area contributed by atoms with Gasteiger partial charge in [-0.1, -0.05) is 41.8 Å². The van der Waals surface area contributed by atoms with Crippen LogP contribution in [0.1, 0.15) is 31.7 Å². The van der Waals surface area contributed by atoms with E-state index in [0.29, 0.717) is 29.5 Å². The molecule has 0 saturated carbocycles. The number of halogens is 2. The van der Waals surface area contributed by atoms with Gasteiger partial charge in [0, 0.05) is 18.8 Å². The SMILES string of the molecule is Cc1ccc(S(=O)(=O)N2CCCCC2)cc1NC(=O)C(C)Oc1cccc(Cl)c1Cl. The molecule has 1 fully saturated rings. The van der Waals surface area contributed by atoms with Crippen molar-refractivity contribution in [2.75, 3.05) is 18.4 Å². The standard InChI is InChI=1S/C21H24Cl2N2O4S/c1-14-9-10-16(30(27,28)25-11-4-3-5-12-25)13-18(14)24-21(26)15(2)29-19-8-6-7-17(22)20(19)23/h6-10,13,15H,3-5,11-12H2,1-2H3,(H,24,26). The molecule has 1 atom stereocenters. The highest BCUT2D eigenvalue weighted by Gasteiger charge is 2.27. The van der Waals surface area contributed by atoms with Gasteiger partial charge in [0.25, 0.3) is 5.91 Å². The molecule has 0 radical (unpaired) electrons. The summed E-state index contributed by atoms with van der Waals surface area (Å²) >= 11 is 12.1. The largest absolute Gasteiger partial charge is 0.479 e. The fourth-order valence-electron chi connectivity index (χ4n) is 3.20. The van der Waals surface area contributed by atoms with Gasteiger partial charge in [-0.3, -0.25) is 4.79 Å². The second-order valence-corrected chi connectivity index (χ2v) is 9.97. The van der Waals surface area contributed by atoms with E-state index < -0.39 is 22.0 Å². The molecule has 162 valence electrons. The van der Waals surface area contributed by atoms with Crippen LogP contribution in [0.15, 0.2) is 41.3 Å². The van der Waals surface area contributed by atoms with Crippen molar-refractivity contribution < 1.29 is 17.9 Å². The summed E-state index contributed by atoms with van der Waals surface area (Å²) < 4.78 is 33.0. The van der Waals surface area contributed by atoms with Crippen molar-refractivity contribution in [3.05, 3.63) is 52.0 Å². The van der Waals surface area contributed by atoms with Crippen molar-refractivity contribution in [3.63, 3.8) is 0 Å². The molecule has 1 saturated heterocycles. The maximum atomic E-state index is 12.9. The predicted molar refractivity (Wildman–Crippen MR) is 119 cm³/mol. The van der Waals surface area contributed by atoms with Crippen LogP contribution in [0.4, 0.5) is 5.69 Å². The Morgan fingerprint density at radius 3 is 2.53 bits per heavy atom. The minimum Gasteiger partial charge on any atom is -0.479 e. The third-order valence-corrected chi connectivity index (χ3v) is 7.71. The maximum absolute atomic E-state index is 12.9. The molecule has 0 spiro atoms. The molecule has 1 N–H and O–H groups in total. The lowest BCUT2D eigenvalue weighted by atomic mass is 10.2. The summed E-state index contributed by atoms with van der Waals surface area (Å²) in [6.07, 6.45) is 1.88. The monoisotopic (exact) mass is 470 g/mol. The summed E-state index contributed by atoms with van der Waals surface area (Å²) in [6.45, 7) is 4.41. The molecule has 1 aliphatic heterocycles. The summed E-state index contributed by atoms with van der Waals surface area (Å²) in [7, 11) is -3.60. The fourth-order valence-corrected chi connectivity index (χ4v) is 5.08. The van der Waals surface area contributed by atoms with Crippen LogP contribution in [0.2, 0.25) is 10.0 Å². The first-order valence-electron chi connectivity index (χ1n) is 9.72. The lowest BCUT2D eigenvalue weighted by Crippen LogP contribution is -2.35. The van der Waals surface area contributed by atoms with Gasteiger partial charge >= 0.3 is 0 Å². The number of ether oxygens (including phenoxy) is 1. The second kappa shape index (κ2) is 9.56. The Morgan fingerprint density at radius 1 is 1.13 bits per heavy atom. The van der Waals surface area contributed by atoms with E-state index in [4.69, 9.17) is 27.9 Å². The van der Waals surface area contributed by atoms with Gasteiger partial charge in [0.15, 0.2) is 6.10 Å². The van der Waals surface area contributed by atoms with Crippen molar-refractivity contribution in [3.8, 4) is 5.75 Å². The molecule has 2 aromatic carbocycles. The zero-order valence-corrected chi connectivity index (χ0v) is 19.1. The van der Waals surface area contributed by atoms with Gasteiger partial charge in [-0.15, -0.1) is 0 Å². The van der Waals surface area contributed by atoms with Crippen LogP contribution in [0.5, 0.6) is 5.75 Å². The number of hydrogen-bond donors (Lipinski definition) is 1. The number of aryl methyl sites for hydroxylation is 1. The number of nitrogens with zero attached hydrogens (tertiary/aromatic N) is 1. The van der Waals surface area contributed by atoms with Crippen LogP contribution in [-0.4, -0.2) is 37.8 Å². The fraction of sp³-hybridized carbons (Fsp3) is 0.381. The highest BCUT2D eigenvalue weighted by molar-refractivity contribution is 7.89. The number of sulfonamides is 1. The molecular weight excluding hydrogens is 447 g/mol. The van der Waals surface area contributed by atoms with Crippen molar-refractivity contribution in [2.45, 2.75) is 44.1 Å². The zero-order valence-electron chi connectivity index (χ0n) is 16.8. The Bertz CT molecular complexity index is 1040. The number of carbonyl (C=O) groups excluding carboxylic acids is 1. The second-order valence-electron chi connectivity index (χ2n) is 7.24. The minimum absolute atomic E-state index is 0.164. The van der Waals surface area contributed by atoms with Crippen LogP contribution < -0.4 is 10.1 Å². The zero-order chi connectivity index (χ0) is 21.9. The van der Waals surface area contributed by atoms with Crippen LogP contribution >= 0.6 is 23.2 Å². The summed E-state index contributed by atoms with van der Waals surface area (Å²) in [5.41, 5.74) is 1.17. The average molecular weight is 471 g/mol. The first-order chi connectivity index (χ1) is 14.2.